The Morgan fingerprint density at radius 1 is 1.24 bits per heavy atom. The molecule has 138 valence electrons. The Hall–Kier alpha value is -1.00. The van der Waals surface area contributed by atoms with Crippen LogP contribution in [0, 0.1) is 34.5 Å². The van der Waals surface area contributed by atoms with Crippen LogP contribution in [0.15, 0.2) is 11.6 Å². The van der Waals surface area contributed by atoms with Gasteiger partial charge in [0.2, 0.25) is 0 Å². The topological polar surface area (TPSA) is 74.6 Å². The van der Waals surface area contributed by atoms with Crippen molar-refractivity contribution in [2.75, 3.05) is 6.61 Å². The van der Waals surface area contributed by atoms with Gasteiger partial charge in [-0.05, 0) is 73.2 Å². The Morgan fingerprint density at radius 2 is 2.00 bits per heavy atom. The van der Waals surface area contributed by atoms with Crippen LogP contribution >= 0.6 is 0 Å². The van der Waals surface area contributed by atoms with E-state index in [0.717, 1.165) is 32.1 Å². The highest BCUT2D eigenvalue weighted by Crippen LogP contribution is 2.66. The molecule has 0 amide bonds. The second-order valence-corrected chi connectivity index (χ2v) is 9.42. The number of aliphatic hydroxyl groups excluding tert-OH is 2. The van der Waals surface area contributed by atoms with Crippen molar-refractivity contribution in [2.45, 2.75) is 64.9 Å². The van der Waals surface area contributed by atoms with E-state index in [-0.39, 0.29) is 40.8 Å². The monoisotopic (exact) mass is 346 g/mol. The van der Waals surface area contributed by atoms with E-state index in [1.165, 1.54) is 5.57 Å². The van der Waals surface area contributed by atoms with Crippen LogP contribution in [0.2, 0.25) is 0 Å². The maximum Gasteiger partial charge on any atom is 0.161 e. The normalized spacial score (nSPS) is 49.0. The van der Waals surface area contributed by atoms with Gasteiger partial charge in [0, 0.05) is 12.3 Å². The third kappa shape index (κ3) is 2.33. The van der Waals surface area contributed by atoms with Crippen LogP contribution < -0.4 is 0 Å². The molecule has 25 heavy (non-hydrogen) atoms. The maximum absolute atomic E-state index is 12.3. The molecule has 0 bridgehead atoms. The van der Waals surface area contributed by atoms with Gasteiger partial charge in [0.05, 0.1) is 6.10 Å². The van der Waals surface area contributed by atoms with E-state index >= 15 is 0 Å². The van der Waals surface area contributed by atoms with E-state index in [4.69, 9.17) is 0 Å². The highest BCUT2D eigenvalue weighted by atomic mass is 16.3. The molecule has 0 spiro atoms. The van der Waals surface area contributed by atoms with Crippen molar-refractivity contribution in [3.63, 3.8) is 0 Å². The molecule has 4 rings (SSSR count). The van der Waals surface area contributed by atoms with Gasteiger partial charge in [-0.25, -0.2) is 0 Å². The molecule has 3 saturated carbocycles. The Labute approximate surface area is 149 Å². The quantitative estimate of drug-likeness (QED) is 0.806. The molecular formula is C21H30O4. The van der Waals surface area contributed by atoms with Gasteiger partial charge in [-0.15, -0.1) is 0 Å². The smallest absolute Gasteiger partial charge is 0.161 e. The molecule has 0 saturated heterocycles. The molecule has 4 nitrogen and oxygen atoms in total. The van der Waals surface area contributed by atoms with Crippen LogP contribution in [-0.4, -0.2) is 34.5 Å². The van der Waals surface area contributed by atoms with Gasteiger partial charge in [0.15, 0.2) is 11.6 Å². The minimum atomic E-state index is -0.430. The summed E-state index contributed by atoms with van der Waals surface area (Å²) in [6, 6.07) is 0. The van der Waals surface area contributed by atoms with E-state index in [0.29, 0.717) is 24.7 Å². The summed E-state index contributed by atoms with van der Waals surface area (Å²) in [5.41, 5.74) is 0.979. The van der Waals surface area contributed by atoms with Gasteiger partial charge in [-0.2, -0.15) is 0 Å². The van der Waals surface area contributed by atoms with Crippen LogP contribution in [0.1, 0.15) is 58.8 Å². The summed E-state index contributed by atoms with van der Waals surface area (Å²) in [6.45, 7) is 4.03. The lowest BCUT2D eigenvalue weighted by atomic mass is 9.46. The fourth-order valence-electron chi connectivity index (χ4n) is 7.33. The van der Waals surface area contributed by atoms with Gasteiger partial charge >= 0.3 is 0 Å². The third-order valence-electron chi connectivity index (χ3n) is 8.44. The standard InChI is InChI=1S/C21H30O4/c1-20-8-7-13(23)9-12(20)3-4-14-15-5-6-16(18(25)11-22)21(15,2)10-17(24)19(14)20/h9,14-17,19,22,24H,3-8,10-11H2,1-2H3/t14?,15?,16?,17-,19?,20-,21-/m0/s1. The van der Waals surface area contributed by atoms with Crippen LogP contribution in [0.5, 0.6) is 0 Å². The third-order valence-corrected chi connectivity index (χ3v) is 8.44. The number of ketones is 2. The van der Waals surface area contributed by atoms with Crippen LogP contribution in [0.4, 0.5) is 0 Å². The molecule has 0 aromatic rings. The SMILES string of the molecule is C[C@]12C[C@H](O)C3C(CCC4=CC(=O)CC[C@@]43C)C1CCC2C(=O)CO. The van der Waals surface area contributed by atoms with Crippen LogP contribution in [-0.2, 0) is 9.59 Å². The number of Topliss-reactive ketones (excluding diaryl/α,β-unsaturated/α-hetero) is 1. The summed E-state index contributed by atoms with van der Waals surface area (Å²) in [7, 11) is 0. The predicted molar refractivity (Wildman–Crippen MR) is 93.7 cm³/mol. The molecule has 0 heterocycles. The molecule has 7 atom stereocenters. The van der Waals surface area contributed by atoms with E-state index < -0.39 is 6.10 Å². The number of allylic oxidation sites excluding steroid dienone is 1. The number of hydrogen-bond acceptors (Lipinski definition) is 4. The Bertz CT molecular complexity index is 638. The number of hydrogen-bond donors (Lipinski definition) is 2. The fourth-order valence-corrected chi connectivity index (χ4v) is 7.33. The molecule has 4 aliphatic carbocycles. The molecule has 0 aliphatic heterocycles. The molecule has 0 aromatic heterocycles. The lowest BCUT2D eigenvalue weighted by molar-refractivity contribution is -0.146. The van der Waals surface area contributed by atoms with Crippen LogP contribution in [0.3, 0.4) is 0 Å². The van der Waals surface area contributed by atoms with Gasteiger partial charge in [0.25, 0.3) is 0 Å². The molecule has 4 heteroatoms. The molecule has 4 unspecified atom stereocenters. The van der Waals surface area contributed by atoms with Crippen molar-refractivity contribution in [1.29, 1.82) is 0 Å². The van der Waals surface area contributed by atoms with Gasteiger partial charge in [0.1, 0.15) is 6.61 Å². The zero-order valence-electron chi connectivity index (χ0n) is 15.3. The average Bonchev–Trinajstić information content (AvgIpc) is 2.91. The first-order valence-corrected chi connectivity index (χ1v) is 9.87. The molecular weight excluding hydrogens is 316 g/mol. The molecule has 2 N–H and O–H groups in total. The molecule has 0 radical (unpaired) electrons. The minimum Gasteiger partial charge on any atom is -0.393 e. The summed E-state index contributed by atoms with van der Waals surface area (Å²) < 4.78 is 0. The molecule has 4 aliphatic rings. The van der Waals surface area contributed by atoms with Gasteiger partial charge < -0.3 is 10.2 Å². The number of carbonyl (C=O) groups is 2. The summed E-state index contributed by atoms with van der Waals surface area (Å²) in [5, 5.41) is 20.5. The van der Waals surface area contributed by atoms with Crippen molar-refractivity contribution >= 4 is 11.6 Å². The number of carbonyl (C=O) groups excluding carboxylic acids is 2. The van der Waals surface area contributed by atoms with Crippen molar-refractivity contribution in [2.24, 2.45) is 34.5 Å². The van der Waals surface area contributed by atoms with Crippen molar-refractivity contribution in [3.8, 4) is 0 Å². The first-order chi connectivity index (χ1) is 11.8. The van der Waals surface area contributed by atoms with E-state index in [2.05, 4.69) is 13.8 Å². The second kappa shape index (κ2) is 5.75. The highest BCUT2D eigenvalue weighted by Gasteiger charge is 2.62. The van der Waals surface area contributed by atoms with Crippen molar-refractivity contribution in [3.05, 3.63) is 11.6 Å². The Morgan fingerprint density at radius 3 is 2.72 bits per heavy atom. The predicted octanol–water partition coefficient (Wildman–Crippen LogP) is 2.67. The highest BCUT2D eigenvalue weighted by molar-refractivity contribution is 5.91. The molecule has 0 aromatic carbocycles. The maximum atomic E-state index is 12.3. The first-order valence-electron chi connectivity index (χ1n) is 9.87. The van der Waals surface area contributed by atoms with Gasteiger partial charge in [-0.1, -0.05) is 19.4 Å². The first kappa shape index (κ1) is 17.4. The van der Waals surface area contributed by atoms with Crippen molar-refractivity contribution < 1.29 is 19.8 Å². The number of rotatable bonds is 2. The minimum absolute atomic E-state index is 0.0541. The van der Waals surface area contributed by atoms with E-state index in [9.17, 15) is 19.8 Å². The lowest BCUT2D eigenvalue weighted by Crippen LogP contribution is -2.57. The largest absolute Gasteiger partial charge is 0.393 e. The van der Waals surface area contributed by atoms with E-state index in [1.54, 1.807) is 0 Å². The average molecular weight is 346 g/mol. The summed E-state index contributed by atoms with van der Waals surface area (Å²) in [4.78, 5) is 24.2. The number of aliphatic hydroxyl groups is 2. The zero-order valence-corrected chi connectivity index (χ0v) is 15.3. The molecule has 3 fully saturated rings. The number of fused-ring (bicyclic) bond motifs is 5. The van der Waals surface area contributed by atoms with Crippen LogP contribution in [0.25, 0.3) is 0 Å². The lowest BCUT2D eigenvalue weighted by Gasteiger charge is -2.59. The van der Waals surface area contributed by atoms with E-state index in [1.807, 2.05) is 6.08 Å². The Balaban J connectivity index is 1.70. The second-order valence-electron chi connectivity index (χ2n) is 9.42. The fraction of sp³-hybridized carbons (Fsp3) is 0.810. The van der Waals surface area contributed by atoms with Crippen molar-refractivity contribution in [1.82, 2.24) is 0 Å². The Kier molecular flexibility index (Phi) is 4.01. The zero-order chi connectivity index (χ0) is 18.0. The summed E-state index contributed by atoms with van der Waals surface area (Å²) >= 11 is 0. The summed E-state index contributed by atoms with van der Waals surface area (Å²) in [6.07, 6.45) is 7.32. The summed E-state index contributed by atoms with van der Waals surface area (Å²) in [5.74, 6) is 1.12. The van der Waals surface area contributed by atoms with Gasteiger partial charge in [-0.3, -0.25) is 9.59 Å².